The molecule has 96 valence electrons. The van der Waals surface area contributed by atoms with Gasteiger partial charge in [0.15, 0.2) is 0 Å². The number of aliphatic hydroxyl groups is 1. The van der Waals surface area contributed by atoms with Crippen LogP contribution in [-0.4, -0.2) is 13.5 Å². The largest absolute Gasteiger partial charge is 0.376 e. The Balaban J connectivity index is 2.41. The number of aliphatic hydroxyl groups excluding tert-OH is 1. The lowest BCUT2D eigenvalue weighted by Crippen LogP contribution is -2.02. The van der Waals surface area contributed by atoms with E-state index in [-0.39, 0.29) is 9.79 Å². The summed E-state index contributed by atoms with van der Waals surface area (Å²) >= 11 is 0. The fourth-order valence-electron chi connectivity index (χ4n) is 1.66. The van der Waals surface area contributed by atoms with E-state index in [1.165, 1.54) is 24.3 Å². The van der Waals surface area contributed by atoms with Crippen molar-refractivity contribution >= 4 is 9.84 Å². The topological polar surface area (TPSA) is 54.4 Å². The normalized spacial score (nSPS) is 12.6. The Morgan fingerprint density at radius 3 is 2.00 bits per heavy atom. The molecule has 3 nitrogen and oxygen atoms in total. The van der Waals surface area contributed by atoms with Crippen molar-refractivity contribution in [1.29, 1.82) is 0 Å². The van der Waals surface area contributed by atoms with Gasteiger partial charge in [-0.1, -0.05) is 36.3 Å². The number of hydrogen-bond acceptors (Lipinski definition) is 3. The van der Waals surface area contributed by atoms with Gasteiger partial charge in [-0.05, 0) is 29.8 Å². The van der Waals surface area contributed by atoms with Gasteiger partial charge in [0.25, 0.3) is 0 Å². The summed E-state index contributed by atoms with van der Waals surface area (Å²) in [7, 11) is -3.52. The maximum Gasteiger partial charge on any atom is 0.206 e. The molecule has 0 saturated heterocycles. The van der Waals surface area contributed by atoms with Crippen molar-refractivity contribution in [1.82, 2.24) is 0 Å². The van der Waals surface area contributed by atoms with Crippen LogP contribution in [0.1, 0.15) is 11.7 Å². The van der Waals surface area contributed by atoms with Crippen molar-refractivity contribution in [3.8, 4) is 12.3 Å². The van der Waals surface area contributed by atoms with Crippen molar-refractivity contribution in [3.63, 3.8) is 0 Å². The molecule has 1 atom stereocenters. The molecule has 0 amide bonds. The molecule has 4 heteroatoms. The van der Waals surface area contributed by atoms with E-state index in [4.69, 9.17) is 6.42 Å². The average Bonchev–Trinajstić information content (AvgIpc) is 2.47. The van der Waals surface area contributed by atoms with Crippen molar-refractivity contribution in [3.05, 3.63) is 60.2 Å². The molecule has 0 saturated carbocycles. The lowest BCUT2D eigenvalue weighted by atomic mass is 10.1. The minimum atomic E-state index is -3.52. The van der Waals surface area contributed by atoms with Gasteiger partial charge in [-0.2, -0.15) is 0 Å². The predicted octanol–water partition coefficient (Wildman–Crippen LogP) is 2.19. The van der Waals surface area contributed by atoms with E-state index >= 15 is 0 Å². The molecule has 1 unspecified atom stereocenters. The zero-order valence-corrected chi connectivity index (χ0v) is 10.8. The van der Waals surface area contributed by atoms with Crippen LogP contribution < -0.4 is 0 Å². The lowest BCUT2D eigenvalue weighted by molar-refractivity contribution is 0.238. The number of benzene rings is 2. The maximum atomic E-state index is 12.3. The molecule has 2 rings (SSSR count). The predicted molar refractivity (Wildman–Crippen MR) is 72.1 cm³/mol. The summed E-state index contributed by atoms with van der Waals surface area (Å²) in [5.41, 5.74) is 0.495. The lowest BCUT2D eigenvalue weighted by Gasteiger charge is -2.07. The molecule has 1 N–H and O–H groups in total. The summed E-state index contributed by atoms with van der Waals surface area (Å²) in [5, 5.41) is 9.45. The Bertz CT molecular complexity index is 695. The Labute approximate surface area is 112 Å². The average molecular weight is 272 g/mol. The van der Waals surface area contributed by atoms with Crippen molar-refractivity contribution in [2.24, 2.45) is 0 Å². The summed E-state index contributed by atoms with van der Waals surface area (Å²) in [6, 6.07) is 14.1. The van der Waals surface area contributed by atoms with Gasteiger partial charge in [0.1, 0.15) is 6.10 Å². The van der Waals surface area contributed by atoms with Crippen LogP contribution in [0.25, 0.3) is 0 Å². The fraction of sp³-hybridized carbons (Fsp3) is 0.0667. The van der Waals surface area contributed by atoms with Gasteiger partial charge >= 0.3 is 0 Å². The summed E-state index contributed by atoms with van der Waals surface area (Å²) in [4.78, 5) is 0.409. The van der Waals surface area contributed by atoms with Gasteiger partial charge in [-0.25, -0.2) is 8.42 Å². The SMILES string of the molecule is C#CC(O)c1ccc(S(=O)(=O)c2ccccc2)cc1. The second kappa shape index (κ2) is 5.27. The number of terminal acetylenes is 1. The smallest absolute Gasteiger partial charge is 0.206 e. The quantitative estimate of drug-likeness (QED) is 0.871. The molecule has 0 aromatic heterocycles. The zero-order valence-electron chi connectivity index (χ0n) is 10.0. The van der Waals surface area contributed by atoms with E-state index in [1.807, 2.05) is 0 Å². The zero-order chi connectivity index (χ0) is 13.9. The molecule has 0 aliphatic rings. The number of sulfone groups is 1. The first-order valence-corrected chi connectivity index (χ1v) is 7.08. The van der Waals surface area contributed by atoms with E-state index in [1.54, 1.807) is 30.3 Å². The molecule has 2 aromatic carbocycles. The molecule has 0 heterocycles. The van der Waals surface area contributed by atoms with Crippen LogP contribution in [0.2, 0.25) is 0 Å². The third kappa shape index (κ3) is 2.68. The van der Waals surface area contributed by atoms with Gasteiger partial charge in [0.2, 0.25) is 9.84 Å². The van der Waals surface area contributed by atoms with Gasteiger partial charge in [-0.3, -0.25) is 0 Å². The van der Waals surface area contributed by atoms with Crippen LogP contribution in [0.3, 0.4) is 0 Å². The highest BCUT2D eigenvalue weighted by Crippen LogP contribution is 2.22. The molecular formula is C15H12O3S. The minimum absolute atomic E-state index is 0.173. The molecule has 0 radical (unpaired) electrons. The van der Waals surface area contributed by atoms with Crippen molar-refractivity contribution in [2.75, 3.05) is 0 Å². The maximum absolute atomic E-state index is 12.3. The molecule has 19 heavy (non-hydrogen) atoms. The molecule has 0 spiro atoms. The molecule has 2 aromatic rings. The van der Waals surface area contributed by atoms with E-state index in [9.17, 15) is 13.5 Å². The molecular weight excluding hydrogens is 260 g/mol. The van der Waals surface area contributed by atoms with Crippen molar-refractivity contribution in [2.45, 2.75) is 15.9 Å². The van der Waals surface area contributed by atoms with Crippen LogP contribution >= 0.6 is 0 Å². The highest BCUT2D eigenvalue weighted by Gasteiger charge is 2.17. The molecule has 0 aliphatic heterocycles. The number of hydrogen-bond donors (Lipinski definition) is 1. The van der Waals surface area contributed by atoms with Gasteiger partial charge in [-0.15, -0.1) is 6.42 Å². The van der Waals surface area contributed by atoms with Crippen LogP contribution in [-0.2, 0) is 9.84 Å². The van der Waals surface area contributed by atoms with Crippen LogP contribution in [0.5, 0.6) is 0 Å². The van der Waals surface area contributed by atoms with E-state index in [0.29, 0.717) is 5.56 Å². The second-order valence-electron chi connectivity index (χ2n) is 3.95. The fourth-order valence-corrected chi connectivity index (χ4v) is 2.94. The first-order chi connectivity index (χ1) is 9.05. The Hall–Kier alpha value is -2.09. The first kappa shape index (κ1) is 13.3. The van der Waals surface area contributed by atoms with Gasteiger partial charge < -0.3 is 5.11 Å². The summed E-state index contributed by atoms with van der Waals surface area (Å²) < 4.78 is 24.6. The third-order valence-corrected chi connectivity index (χ3v) is 4.50. The molecule has 0 aliphatic carbocycles. The highest BCUT2D eigenvalue weighted by atomic mass is 32.2. The Morgan fingerprint density at radius 2 is 1.47 bits per heavy atom. The van der Waals surface area contributed by atoms with E-state index < -0.39 is 15.9 Å². The summed E-state index contributed by atoms with van der Waals surface area (Å²) in [6.45, 7) is 0. The Morgan fingerprint density at radius 1 is 0.947 bits per heavy atom. The van der Waals surface area contributed by atoms with Crippen LogP contribution in [0, 0.1) is 12.3 Å². The van der Waals surface area contributed by atoms with Gasteiger partial charge in [0, 0.05) is 0 Å². The molecule has 0 fully saturated rings. The van der Waals surface area contributed by atoms with E-state index in [2.05, 4.69) is 5.92 Å². The van der Waals surface area contributed by atoms with E-state index in [0.717, 1.165) is 0 Å². The molecule has 0 bridgehead atoms. The van der Waals surface area contributed by atoms with Crippen molar-refractivity contribution < 1.29 is 13.5 Å². The number of rotatable bonds is 3. The van der Waals surface area contributed by atoms with Gasteiger partial charge in [0.05, 0.1) is 9.79 Å². The van der Waals surface area contributed by atoms with Crippen LogP contribution in [0.4, 0.5) is 0 Å². The van der Waals surface area contributed by atoms with Crippen LogP contribution in [0.15, 0.2) is 64.4 Å². The monoisotopic (exact) mass is 272 g/mol. The summed E-state index contributed by atoms with van der Waals surface area (Å²) in [6.07, 6.45) is 4.08. The minimum Gasteiger partial charge on any atom is -0.376 e. The standard InChI is InChI=1S/C15H12O3S/c1-2-15(16)12-8-10-14(11-9-12)19(17,18)13-6-4-3-5-7-13/h1,3-11,15-16H. The summed E-state index contributed by atoms with van der Waals surface area (Å²) in [5.74, 6) is 2.18. The third-order valence-electron chi connectivity index (χ3n) is 2.72. The Kier molecular flexibility index (Phi) is 3.70. The second-order valence-corrected chi connectivity index (χ2v) is 5.90. The first-order valence-electron chi connectivity index (χ1n) is 5.60. The highest BCUT2D eigenvalue weighted by molar-refractivity contribution is 7.91.